The first-order valence-electron chi connectivity index (χ1n) is 7.52. The van der Waals surface area contributed by atoms with E-state index in [1.165, 1.54) is 0 Å². The highest BCUT2D eigenvalue weighted by Gasteiger charge is 2.29. The van der Waals surface area contributed by atoms with Crippen molar-refractivity contribution in [3.8, 4) is 0 Å². The zero-order valence-electron chi connectivity index (χ0n) is 14.8. The van der Waals surface area contributed by atoms with Crippen LogP contribution in [0.1, 0.15) is 32.4 Å². The molecule has 134 valence electrons. The fourth-order valence-corrected chi connectivity index (χ4v) is 2.40. The van der Waals surface area contributed by atoms with Crippen molar-refractivity contribution in [3.63, 3.8) is 0 Å². The Morgan fingerprint density at radius 2 is 1.70 bits per heavy atom. The first-order chi connectivity index (χ1) is 9.82. The lowest BCUT2D eigenvalue weighted by atomic mass is 9.92. The number of benzene rings is 1. The van der Waals surface area contributed by atoms with Gasteiger partial charge in [0.15, 0.2) is 0 Å². The van der Waals surface area contributed by atoms with Gasteiger partial charge in [-0.1, -0.05) is 51.1 Å². The fraction of sp³-hybridized carbons (Fsp3) is 0.588. The van der Waals surface area contributed by atoms with Gasteiger partial charge in [0.25, 0.3) is 0 Å². The number of carbonyl (C=O) groups is 1. The second-order valence-corrected chi connectivity index (χ2v) is 6.45. The van der Waals surface area contributed by atoms with Crippen molar-refractivity contribution in [1.29, 1.82) is 0 Å². The van der Waals surface area contributed by atoms with E-state index in [0.717, 1.165) is 12.1 Å². The molecular weight excluding hydrogens is 333 g/mol. The van der Waals surface area contributed by atoms with Gasteiger partial charge in [0.1, 0.15) is 6.04 Å². The molecule has 0 spiro atoms. The van der Waals surface area contributed by atoms with E-state index in [-0.39, 0.29) is 42.2 Å². The molecule has 23 heavy (non-hydrogen) atoms. The van der Waals surface area contributed by atoms with Crippen LogP contribution >= 0.6 is 24.8 Å². The normalized spacial score (nSPS) is 12.1. The Hall–Kier alpha value is -0.810. The molecule has 1 amide bonds. The molecule has 0 radical (unpaired) electrons. The van der Waals surface area contributed by atoms with Crippen LogP contribution in [0, 0.1) is 5.41 Å². The second kappa shape index (κ2) is 10.9. The highest BCUT2D eigenvalue weighted by molar-refractivity contribution is 5.85. The van der Waals surface area contributed by atoms with E-state index in [4.69, 9.17) is 5.73 Å². The molecule has 0 fully saturated rings. The lowest BCUT2D eigenvalue weighted by molar-refractivity contribution is -0.136. The Balaban J connectivity index is 0. The van der Waals surface area contributed by atoms with Crippen LogP contribution in [-0.4, -0.2) is 49.4 Å². The SMILES string of the molecule is CCN(C)C(C(=O)N(C)CC(C)(C)CN)c1ccccc1.Cl.Cl. The quantitative estimate of drug-likeness (QED) is 0.809. The number of rotatable bonds is 7. The van der Waals surface area contributed by atoms with Crippen molar-refractivity contribution in [2.24, 2.45) is 11.1 Å². The van der Waals surface area contributed by atoms with E-state index >= 15 is 0 Å². The van der Waals surface area contributed by atoms with Crippen LogP contribution in [0.2, 0.25) is 0 Å². The van der Waals surface area contributed by atoms with E-state index in [2.05, 4.69) is 25.7 Å². The van der Waals surface area contributed by atoms with Gasteiger partial charge >= 0.3 is 0 Å². The number of amides is 1. The molecule has 0 saturated heterocycles. The zero-order valence-corrected chi connectivity index (χ0v) is 16.4. The number of hydrogen-bond donors (Lipinski definition) is 1. The van der Waals surface area contributed by atoms with Gasteiger partial charge in [-0.05, 0) is 31.1 Å². The molecule has 2 N–H and O–H groups in total. The van der Waals surface area contributed by atoms with Crippen LogP contribution in [-0.2, 0) is 4.79 Å². The van der Waals surface area contributed by atoms with Crippen molar-refractivity contribution >= 4 is 30.7 Å². The third-order valence-electron chi connectivity index (χ3n) is 3.88. The van der Waals surface area contributed by atoms with Gasteiger partial charge < -0.3 is 10.6 Å². The first kappa shape index (κ1) is 24.4. The molecule has 0 bridgehead atoms. The van der Waals surface area contributed by atoms with Crippen LogP contribution in [0.25, 0.3) is 0 Å². The summed E-state index contributed by atoms with van der Waals surface area (Å²) >= 11 is 0. The minimum atomic E-state index is -0.241. The molecule has 1 unspecified atom stereocenters. The molecule has 1 atom stereocenters. The Labute approximate surface area is 153 Å². The summed E-state index contributed by atoms with van der Waals surface area (Å²) < 4.78 is 0. The average molecular weight is 364 g/mol. The van der Waals surface area contributed by atoms with Crippen LogP contribution < -0.4 is 5.73 Å². The van der Waals surface area contributed by atoms with Crippen molar-refractivity contribution in [3.05, 3.63) is 35.9 Å². The summed E-state index contributed by atoms with van der Waals surface area (Å²) in [4.78, 5) is 16.8. The number of nitrogens with two attached hydrogens (primary N) is 1. The molecule has 1 aromatic carbocycles. The maximum atomic E-state index is 12.9. The van der Waals surface area contributed by atoms with E-state index in [0.29, 0.717) is 13.1 Å². The minimum absolute atomic E-state index is 0. The summed E-state index contributed by atoms with van der Waals surface area (Å²) in [5.74, 6) is 0.118. The van der Waals surface area contributed by atoms with Gasteiger partial charge in [0.05, 0.1) is 0 Å². The fourth-order valence-electron chi connectivity index (χ4n) is 2.40. The summed E-state index contributed by atoms with van der Waals surface area (Å²) in [6.07, 6.45) is 0. The lowest BCUT2D eigenvalue weighted by Crippen LogP contribution is -2.45. The molecule has 0 aliphatic carbocycles. The van der Waals surface area contributed by atoms with Crippen LogP contribution in [0.3, 0.4) is 0 Å². The minimum Gasteiger partial charge on any atom is -0.344 e. The monoisotopic (exact) mass is 363 g/mol. The predicted octanol–water partition coefficient (Wildman–Crippen LogP) is 2.97. The Morgan fingerprint density at radius 3 is 2.13 bits per heavy atom. The van der Waals surface area contributed by atoms with Gasteiger partial charge in [0, 0.05) is 13.6 Å². The molecule has 0 saturated carbocycles. The predicted molar refractivity (Wildman–Crippen MR) is 102 cm³/mol. The summed E-state index contributed by atoms with van der Waals surface area (Å²) in [6.45, 7) is 8.26. The highest BCUT2D eigenvalue weighted by Crippen LogP contribution is 2.23. The molecule has 1 aromatic rings. The first-order valence-corrected chi connectivity index (χ1v) is 7.52. The third-order valence-corrected chi connectivity index (χ3v) is 3.88. The molecule has 1 rings (SSSR count). The average Bonchev–Trinajstić information content (AvgIpc) is 2.47. The number of hydrogen-bond acceptors (Lipinski definition) is 3. The van der Waals surface area contributed by atoms with E-state index in [1.807, 2.05) is 44.4 Å². The smallest absolute Gasteiger partial charge is 0.244 e. The Bertz CT molecular complexity index is 454. The molecule has 0 aliphatic rings. The van der Waals surface area contributed by atoms with Crippen LogP contribution in [0.5, 0.6) is 0 Å². The number of halogens is 2. The molecule has 0 aromatic heterocycles. The van der Waals surface area contributed by atoms with Crippen molar-refractivity contribution in [2.75, 3.05) is 33.7 Å². The van der Waals surface area contributed by atoms with E-state index in [1.54, 1.807) is 4.90 Å². The van der Waals surface area contributed by atoms with E-state index < -0.39 is 0 Å². The molecule has 0 aliphatic heterocycles. The third kappa shape index (κ3) is 7.08. The van der Waals surface area contributed by atoms with Gasteiger partial charge in [-0.2, -0.15) is 0 Å². The van der Waals surface area contributed by atoms with Crippen molar-refractivity contribution in [1.82, 2.24) is 9.80 Å². The Morgan fingerprint density at radius 1 is 1.17 bits per heavy atom. The standard InChI is InChI=1S/C17H29N3O.2ClH/c1-6-19(4)15(14-10-8-7-9-11-14)16(21)20(5)13-17(2,3)12-18;;/h7-11,15H,6,12-13,18H2,1-5H3;2*1H. The van der Waals surface area contributed by atoms with Crippen LogP contribution in [0.4, 0.5) is 0 Å². The van der Waals surface area contributed by atoms with Gasteiger partial charge in [-0.15, -0.1) is 24.8 Å². The maximum Gasteiger partial charge on any atom is 0.244 e. The summed E-state index contributed by atoms with van der Waals surface area (Å²) in [5.41, 5.74) is 6.74. The molecule has 4 nitrogen and oxygen atoms in total. The lowest BCUT2D eigenvalue weighted by Gasteiger charge is -2.34. The topological polar surface area (TPSA) is 49.6 Å². The highest BCUT2D eigenvalue weighted by atomic mass is 35.5. The van der Waals surface area contributed by atoms with Gasteiger partial charge in [-0.3, -0.25) is 9.69 Å². The molecular formula is C17H31Cl2N3O. The van der Waals surface area contributed by atoms with Crippen LogP contribution in [0.15, 0.2) is 30.3 Å². The number of nitrogens with zero attached hydrogens (tertiary/aromatic N) is 2. The molecule has 6 heteroatoms. The summed E-state index contributed by atoms with van der Waals surface area (Å²) in [7, 11) is 3.84. The molecule has 0 heterocycles. The van der Waals surface area contributed by atoms with Crippen molar-refractivity contribution in [2.45, 2.75) is 26.8 Å². The maximum absolute atomic E-state index is 12.9. The summed E-state index contributed by atoms with van der Waals surface area (Å²) in [6, 6.07) is 9.70. The largest absolute Gasteiger partial charge is 0.344 e. The number of likely N-dealkylation sites (N-methyl/N-ethyl adjacent to an activating group) is 2. The number of carbonyl (C=O) groups excluding carboxylic acids is 1. The second-order valence-electron chi connectivity index (χ2n) is 6.45. The van der Waals surface area contributed by atoms with E-state index in [9.17, 15) is 4.79 Å². The van der Waals surface area contributed by atoms with Gasteiger partial charge in [-0.25, -0.2) is 0 Å². The summed E-state index contributed by atoms with van der Waals surface area (Å²) in [5, 5.41) is 0. The van der Waals surface area contributed by atoms with Gasteiger partial charge in [0.2, 0.25) is 5.91 Å². The Kier molecular flexibility index (Phi) is 11.6. The van der Waals surface area contributed by atoms with Crippen molar-refractivity contribution < 1.29 is 4.79 Å². The zero-order chi connectivity index (χ0) is 16.0.